The smallest absolute Gasteiger partial charge is 0.235 e. The van der Waals surface area contributed by atoms with Gasteiger partial charge in [0.15, 0.2) is 23.4 Å². The van der Waals surface area contributed by atoms with Crippen molar-refractivity contribution >= 4 is 16.8 Å². The van der Waals surface area contributed by atoms with E-state index in [-0.39, 0.29) is 22.7 Å². The minimum atomic E-state index is -0.909. The molecule has 174 valence electrons. The van der Waals surface area contributed by atoms with Crippen LogP contribution in [0, 0.1) is 13.8 Å². The molecule has 0 spiro atoms. The number of Topliss-reactive ketones (excluding diaryl/α,β-unsaturated/α-hetero) is 1. The van der Waals surface area contributed by atoms with E-state index >= 15 is 0 Å². The third kappa shape index (κ3) is 4.27. The molecule has 0 N–H and O–H groups in total. The highest BCUT2D eigenvalue weighted by Gasteiger charge is 2.24. The molecule has 6 heteroatoms. The van der Waals surface area contributed by atoms with E-state index in [1.165, 1.54) is 7.11 Å². The van der Waals surface area contributed by atoms with Gasteiger partial charge in [-0.2, -0.15) is 0 Å². The molecule has 34 heavy (non-hydrogen) atoms. The van der Waals surface area contributed by atoms with Crippen LogP contribution in [0.1, 0.15) is 28.4 Å². The SMILES string of the molecule is COc1ccc(-c2oc3cc(C)c(C)cc3c(=O)c2OC(C)C(=O)c2ccccc2)cc1OC. The van der Waals surface area contributed by atoms with Gasteiger partial charge in [0.2, 0.25) is 17.0 Å². The van der Waals surface area contributed by atoms with Crippen LogP contribution in [0.25, 0.3) is 22.3 Å². The Bertz CT molecular complexity index is 1420. The monoisotopic (exact) mass is 458 g/mol. The van der Waals surface area contributed by atoms with E-state index in [4.69, 9.17) is 18.6 Å². The van der Waals surface area contributed by atoms with Crippen LogP contribution < -0.4 is 19.6 Å². The second-order valence-electron chi connectivity index (χ2n) is 8.08. The first kappa shape index (κ1) is 23.1. The van der Waals surface area contributed by atoms with Crippen LogP contribution in [-0.4, -0.2) is 26.1 Å². The molecule has 0 saturated heterocycles. The molecular weight excluding hydrogens is 432 g/mol. The van der Waals surface area contributed by atoms with Gasteiger partial charge in [0.25, 0.3) is 0 Å². The van der Waals surface area contributed by atoms with Crippen molar-refractivity contribution < 1.29 is 23.4 Å². The number of benzene rings is 3. The van der Waals surface area contributed by atoms with Crippen LogP contribution in [0.15, 0.2) is 69.9 Å². The Morgan fingerprint density at radius 2 is 1.56 bits per heavy atom. The zero-order valence-corrected chi connectivity index (χ0v) is 19.8. The predicted octanol–water partition coefficient (Wildman–Crippen LogP) is 5.74. The van der Waals surface area contributed by atoms with Crippen LogP contribution in [-0.2, 0) is 0 Å². The molecule has 1 heterocycles. The third-order valence-electron chi connectivity index (χ3n) is 5.83. The standard InChI is InChI=1S/C28H26O6/c1-16-13-21-23(14-17(16)2)34-27(20-11-12-22(31-4)24(15-20)32-5)28(26(21)30)33-18(3)25(29)19-9-7-6-8-10-19/h6-15,18H,1-5H3. The normalized spacial score (nSPS) is 11.8. The van der Waals surface area contributed by atoms with Crippen LogP contribution in [0.4, 0.5) is 0 Å². The van der Waals surface area contributed by atoms with E-state index in [0.717, 1.165) is 11.1 Å². The Morgan fingerprint density at radius 1 is 0.882 bits per heavy atom. The largest absolute Gasteiger partial charge is 0.493 e. The van der Waals surface area contributed by atoms with Gasteiger partial charge in [-0.15, -0.1) is 0 Å². The van der Waals surface area contributed by atoms with Crippen molar-refractivity contribution in [3.63, 3.8) is 0 Å². The molecule has 1 atom stereocenters. The van der Waals surface area contributed by atoms with Gasteiger partial charge in [-0.25, -0.2) is 0 Å². The lowest BCUT2D eigenvalue weighted by molar-refractivity contribution is 0.0815. The maximum absolute atomic E-state index is 13.6. The fourth-order valence-electron chi connectivity index (χ4n) is 3.78. The molecule has 0 saturated carbocycles. The van der Waals surface area contributed by atoms with E-state index in [9.17, 15) is 9.59 Å². The molecule has 0 aliphatic carbocycles. The summed E-state index contributed by atoms with van der Waals surface area (Å²) in [4.78, 5) is 26.6. The van der Waals surface area contributed by atoms with E-state index in [1.54, 1.807) is 62.6 Å². The first-order chi connectivity index (χ1) is 16.3. The average Bonchev–Trinajstić information content (AvgIpc) is 2.86. The van der Waals surface area contributed by atoms with E-state index in [2.05, 4.69) is 0 Å². The predicted molar refractivity (Wildman–Crippen MR) is 131 cm³/mol. The summed E-state index contributed by atoms with van der Waals surface area (Å²) in [6.45, 7) is 5.51. The highest BCUT2D eigenvalue weighted by molar-refractivity contribution is 5.99. The summed E-state index contributed by atoms with van der Waals surface area (Å²) in [5.41, 5.74) is 3.10. The summed E-state index contributed by atoms with van der Waals surface area (Å²) in [6, 6.07) is 17.6. The average molecular weight is 459 g/mol. The van der Waals surface area contributed by atoms with Crippen molar-refractivity contribution in [1.82, 2.24) is 0 Å². The maximum Gasteiger partial charge on any atom is 0.235 e. The van der Waals surface area contributed by atoms with E-state index in [0.29, 0.717) is 33.6 Å². The van der Waals surface area contributed by atoms with Crippen LogP contribution in [0.5, 0.6) is 17.2 Å². The van der Waals surface area contributed by atoms with Gasteiger partial charge in [0.1, 0.15) is 5.58 Å². The summed E-state index contributed by atoms with van der Waals surface area (Å²) >= 11 is 0. The molecule has 0 bridgehead atoms. The zero-order chi connectivity index (χ0) is 24.4. The Balaban J connectivity index is 1.90. The van der Waals surface area contributed by atoms with Gasteiger partial charge in [-0.05, 0) is 62.2 Å². The number of aryl methyl sites for hydroxylation is 2. The van der Waals surface area contributed by atoms with Crippen molar-refractivity contribution in [1.29, 1.82) is 0 Å². The van der Waals surface area contributed by atoms with E-state index in [1.807, 2.05) is 26.0 Å². The fourth-order valence-corrected chi connectivity index (χ4v) is 3.78. The number of carbonyl (C=O) groups excluding carboxylic acids is 1. The van der Waals surface area contributed by atoms with Gasteiger partial charge >= 0.3 is 0 Å². The first-order valence-corrected chi connectivity index (χ1v) is 10.9. The van der Waals surface area contributed by atoms with Gasteiger partial charge < -0.3 is 18.6 Å². The van der Waals surface area contributed by atoms with Crippen molar-refractivity contribution in [3.8, 4) is 28.6 Å². The Labute approximate surface area is 197 Å². The molecule has 3 aromatic carbocycles. The molecule has 4 rings (SSSR count). The second kappa shape index (κ2) is 9.43. The van der Waals surface area contributed by atoms with Crippen LogP contribution in [0.2, 0.25) is 0 Å². The minimum Gasteiger partial charge on any atom is -0.493 e. The Kier molecular flexibility index (Phi) is 6.41. The lowest BCUT2D eigenvalue weighted by Gasteiger charge is -2.17. The zero-order valence-electron chi connectivity index (χ0n) is 19.8. The molecule has 1 unspecified atom stereocenters. The Morgan fingerprint density at radius 3 is 2.24 bits per heavy atom. The van der Waals surface area contributed by atoms with Crippen molar-refractivity contribution in [3.05, 3.63) is 87.6 Å². The number of rotatable bonds is 7. The topological polar surface area (TPSA) is 75.0 Å². The van der Waals surface area contributed by atoms with Crippen LogP contribution in [0.3, 0.4) is 0 Å². The molecule has 0 fully saturated rings. The Hall–Kier alpha value is -4.06. The maximum atomic E-state index is 13.6. The number of hydrogen-bond donors (Lipinski definition) is 0. The van der Waals surface area contributed by atoms with Crippen molar-refractivity contribution in [2.45, 2.75) is 26.9 Å². The molecule has 1 aromatic heterocycles. The highest BCUT2D eigenvalue weighted by Crippen LogP contribution is 2.37. The van der Waals surface area contributed by atoms with Crippen molar-refractivity contribution in [2.75, 3.05) is 14.2 Å². The molecular formula is C28H26O6. The molecule has 6 nitrogen and oxygen atoms in total. The summed E-state index contributed by atoms with van der Waals surface area (Å²) in [7, 11) is 3.08. The molecule has 0 radical (unpaired) electrons. The van der Waals surface area contributed by atoms with E-state index < -0.39 is 6.10 Å². The van der Waals surface area contributed by atoms with Crippen molar-refractivity contribution in [2.24, 2.45) is 0 Å². The summed E-state index contributed by atoms with van der Waals surface area (Å²) in [5, 5.41) is 0.390. The summed E-state index contributed by atoms with van der Waals surface area (Å²) in [6.07, 6.45) is -0.909. The summed E-state index contributed by atoms with van der Waals surface area (Å²) < 4.78 is 23.0. The van der Waals surface area contributed by atoms with Gasteiger partial charge in [-0.1, -0.05) is 30.3 Å². The quantitative estimate of drug-likeness (QED) is 0.329. The number of ketones is 1. The first-order valence-electron chi connectivity index (χ1n) is 10.9. The number of ether oxygens (including phenoxy) is 3. The fraction of sp³-hybridized carbons (Fsp3) is 0.214. The number of carbonyl (C=O) groups is 1. The number of methoxy groups -OCH3 is 2. The lowest BCUT2D eigenvalue weighted by Crippen LogP contribution is -2.26. The third-order valence-corrected chi connectivity index (χ3v) is 5.83. The highest BCUT2D eigenvalue weighted by atomic mass is 16.5. The number of fused-ring (bicyclic) bond motifs is 1. The molecule has 4 aromatic rings. The summed E-state index contributed by atoms with van der Waals surface area (Å²) in [5.74, 6) is 0.964. The second-order valence-corrected chi connectivity index (χ2v) is 8.08. The van der Waals surface area contributed by atoms with Crippen LogP contribution >= 0.6 is 0 Å². The minimum absolute atomic E-state index is 0.0280. The molecule has 0 aliphatic heterocycles. The number of hydrogen-bond acceptors (Lipinski definition) is 6. The molecule has 0 amide bonds. The lowest BCUT2D eigenvalue weighted by atomic mass is 10.0. The van der Waals surface area contributed by atoms with Gasteiger partial charge in [0, 0.05) is 11.1 Å². The van der Waals surface area contributed by atoms with Gasteiger partial charge in [0.05, 0.1) is 19.6 Å². The van der Waals surface area contributed by atoms with Gasteiger partial charge in [-0.3, -0.25) is 9.59 Å². The molecule has 0 aliphatic rings.